The van der Waals surface area contributed by atoms with E-state index in [1.165, 1.54) is 32.1 Å². The van der Waals surface area contributed by atoms with E-state index >= 15 is 0 Å². The second-order valence-electron chi connectivity index (χ2n) is 6.94. The maximum atomic E-state index is 2.56. The van der Waals surface area contributed by atoms with Crippen LogP contribution in [0.1, 0.15) is 59.8 Å². The SMILES string of the molecule is C[C@@H]1CCC2=C1C[C@@H]1CC[C@]2(C)C1(C)C. The maximum absolute atomic E-state index is 2.56. The van der Waals surface area contributed by atoms with Crippen molar-refractivity contribution in [3.8, 4) is 0 Å². The molecule has 3 aliphatic rings. The Hall–Kier alpha value is -0.260. The number of allylic oxidation sites excluding steroid dienone is 2. The summed E-state index contributed by atoms with van der Waals surface area (Å²) in [6, 6.07) is 0. The van der Waals surface area contributed by atoms with Gasteiger partial charge >= 0.3 is 0 Å². The quantitative estimate of drug-likeness (QED) is 0.507. The molecule has 0 aromatic carbocycles. The minimum absolute atomic E-state index is 0.552. The van der Waals surface area contributed by atoms with Gasteiger partial charge in [-0.15, -0.1) is 0 Å². The molecule has 0 saturated heterocycles. The number of fused-ring (bicyclic) bond motifs is 3. The van der Waals surface area contributed by atoms with Gasteiger partial charge in [0.1, 0.15) is 0 Å². The van der Waals surface area contributed by atoms with Gasteiger partial charge in [0.25, 0.3) is 0 Å². The average Bonchev–Trinajstić information content (AvgIpc) is 2.55. The van der Waals surface area contributed by atoms with E-state index in [1.807, 2.05) is 11.1 Å². The third-order valence-electron chi connectivity index (χ3n) is 6.38. The second kappa shape index (κ2) is 2.70. The molecule has 3 rings (SSSR count). The summed E-state index contributed by atoms with van der Waals surface area (Å²) in [7, 11) is 0. The van der Waals surface area contributed by atoms with Gasteiger partial charge in [-0.2, -0.15) is 0 Å². The van der Waals surface area contributed by atoms with E-state index in [2.05, 4.69) is 27.7 Å². The van der Waals surface area contributed by atoms with E-state index < -0.39 is 0 Å². The largest absolute Gasteiger partial charge is 0.0673 e. The van der Waals surface area contributed by atoms with Gasteiger partial charge in [-0.3, -0.25) is 0 Å². The van der Waals surface area contributed by atoms with E-state index in [-0.39, 0.29) is 0 Å². The van der Waals surface area contributed by atoms with Crippen molar-refractivity contribution in [3.05, 3.63) is 11.1 Å². The standard InChI is InChI=1S/C15H24/c1-10-5-6-13-12(10)9-11-7-8-15(13,4)14(11,2)3/h10-11H,5-9H2,1-4H3/t10-,11+,15+/m1/s1. The van der Waals surface area contributed by atoms with Gasteiger partial charge in [0, 0.05) is 0 Å². The first-order valence-electron chi connectivity index (χ1n) is 6.69. The molecule has 0 N–H and O–H groups in total. The number of rotatable bonds is 0. The summed E-state index contributed by atoms with van der Waals surface area (Å²) in [5.74, 6) is 1.87. The Balaban J connectivity index is 2.13. The van der Waals surface area contributed by atoms with Crippen molar-refractivity contribution in [1.82, 2.24) is 0 Å². The summed E-state index contributed by atoms with van der Waals surface area (Å²) < 4.78 is 0. The highest BCUT2D eigenvalue weighted by Gasteiger charge is 2.57. The molecule has 0 spiro atoms. The van der Waals surface area contributed by atoms with Crippen LogP contribution in [-0.4, -0.2) is 0 Å². The minimum Gasteiger partial charge on any atom is -0.0673 e. The maximum Gasteiger partial charge on any atom is -0.00596 e. The monoisotopic (exact) mass is 204 g/mol. The molecule has 15 heavy (non-hydrogen) atoms. The Morgan fingerprint density at radius 1 is 1.13 bits per heavy atom. The molecule has 0 aromatic heterocycles. The summed E-state index contributed by atoms with van der Waals surface area (Å²) in [5.41, 5.74) is 4.87. The van der Waals surface area contributed by atoms with Crippen LogP contribution in [-0.2, 0) is 0 Å². The van der Waals surface area contributed by atoms with Crippen molar-refractivity contribution in [1.29, 1.82) is 0 Å². The fraction of sp³-hybridized carbons (Fsp3) is 0.867. The van der Waals surface area contributed by atoms with Crippen LogP contribution in [0, 0.1) is 22.7 Å². The lowest BCUT2D eigenvalue weighted by molar-refractivity contribution is 0.106. The van der Waals surface area contributed by atoms with Crippen molar-refractivity contribution in [3.63, 3.8) is 0 Å². The van der Waals surface area contributed by atoms with Gasteiger partial charge < -0.3 is 0 Å². The van der Waals surface area contributed by atoms with Crippen molar-refractivity contribution in [2.75, 3.05) is 0 Å². The van der Waals surface area contributed by atoms with Crippen LogP contribution in [0.4, 0.5) is 0 Å². The van der Waals surface area contributed by atoms with Gasteiger partial charge in [-0.05, 0) is 54.8 Å². The molecule has 0 aromatic rings. The lowest BCUT2D eigenvalue weighted by Crippen LogP contribution is -2.39. The molecule has 3 atom stereocenters. The van der Waals surface area contributed by atoms with E-state index in [4.69, 9.17) is 0 Å². The molecule has 1 fully saturated rings. The van der Waals surface area contributed by atoms with Crippen LogP contribution < -0.4 is 0 Å². The molecule has 0 unspecified atom stereocenters. The van der Waals surface area contributed by atoms with Crippen molar-refractivity contribution in [2.24, 2.45) is 22.7 Å². The van der Waals surface area contributed by atoms with E-state index in [0.717, 1.165) is 11.8 Å². The van der Waals surface area contributed by atoms with E-state index in [1.54, 1.807) is 0 Å². The summed E-state index contributed by atoms with van der Waals surface area (Å²) in [4.78, 5) is 0. The normalized spacial score (nSPS) is 47.2. The van der Waals surface area contributed by atoms with Gasteiger partial charge in [-0.25, -0.2) is 0 Å². The van der Waals surface area contributed by atoms with Crippen LogP contribution in [0.2, 0.25) is 0 Å². The van der Waals surface area contributed by atoms with Crippen molar-refractivity contribution in [2.45, 2.75) is 59.8 Å². The zero-order valence-corrected chi connectivity index (χ0v) is 10.7. The first-order valence-corrected chi connectivity index (χ1v) is 6.69. The van der Waals surface area contributed by atoms with Crippen molar-refractivity contribution >= 4 is 0 Å². The fourth-order valence-electron chi connectivity index (χ4n) is 4.71. The summed E-state index contributed by atoms with van der Waals surface area (Å²) in [6.07, 6.45) is 7.20. The van der Waals surface area contributed by atoms with Gasteiger partial charge in [-0.1, -0.05) is 38.8 Å². The molecule has 2 bridgehead atoms. The summed E-state index contributed by atoms with van der Waals surface area (Å²) in [5, 5.41) is 0. The Morgan fingerprint density at radius 2 is 1.87 bits per heavy atom. The van der Waals surface area contributed by atoms with Crippen LogP contribution >= 0.6 is 0 Å². The summed E-state index contributed by atoms with van der Waals surface area (Å²) in [6.45, 7) is 10.1. The van der Waals surface area contributed by atoms with E-state index in [9.17, 15) is 0 Å². The van der Waals surface area contributed by atoms with Crippen LogP contribution in [0.25, 0.3) is 0 Å². The molecule has 0 amide bonds. The smallest absolute Gasteiger partial charge is 0.00596 e. The van der Waals surface area contributed by atoms with Crippen molar-refractivity contribution < 1.29 is 0 Å². The molecule has 0 nitrogen and oxygen atoms in total. The molecule has 0 aliphatic heterocycles. The Morgan fingerprint density at radius 3 is 2.60 bits per heavy atom. The van der Waals surface area contributed by atoms with Crippen LogP contribution in [0.5, 0.6) is 0 Å². The first-order chi connectivity index (χ1) is 6.97. The summed E-state index contributed by atoms with van der Waals surface area (Å²) >= 11 is 0. The zero-order valence-electron chi connectivity index (χ0n) is 10.7. The number of hydrogen-bond acceptors (Lipinski definition) is 0. The molecule has 0 heterocycles. The number of hydrogen-bond donors (Lipinski definition) is 0. The molecule has 84 valence electrons. The third-order valence-corrected chi connectivity index (χ3v) is 6.38. The van der Waals surface area contributed by atoms with Crippen LogP contribution in [0.3, 0.4) is 0 Å². The minimum atomic E-state index is 0.552. The Labute approximate surface area is 94.1 Å². The second-order valence-corrected chi connectivity index (χ2v) is 6.94. The highest BCUT2D eigenvalue weighted by molar-refractivity contribution is 5.36. The zero-order chi connectivity index (χ0) is 10.8. The molecule has 3 aliphatic carbocycles. The third kappa shape index (κ3) is 0.990. The average molecular weight is 204 g/mol. The highest BCUT2D eigenvalue weighted by atomic mass is 14.6. The lowest BCUT2D eigenvalue weighted by atomic mass is 9.57. The predicted molar refractivity (Wildman–Crippen MR) is 64.7 cm³/mol. The molecule has 1 saturated carbocycles. The highest BCUT2D eigenvalue weighted by Crippen LogP contribution is 2.67. The van der Waals surface area contributed by atoms with E-state index in [0.29, 0.717) is 10.8 Å². The predicted octanol–water partition coefficient (Wildman–Crippen LogP) is 4.56. The Kier molecular flexibility index (Phi) is 1.79. The first kappa shape index (κ1) is 9.93. The molecular weight excluding hydrogens is 180 g/mol. The Bertz CT molecular complexity index is 334. The molecule has 0 radical (unpaired) electrons. The lowest BCUT2D eigenvalue weighted by Gasteiger charge is -2.47. The van der Waals surface area contributed by atoms with Gasteiger partial charge in [0.2, 0.25) is 0 Å². The van der Waals surface area contributed by atoms with Crippen LogP contribution in [0.15, 0.2) is 11.1 Å². The van der Waals surface area contributed by atoms with Gasteiger partial charge in [0.05, 0.1) is 0 Å². The fourth-order valence-corrected chi connectivity index (χ4v) is 4.71. The molecular formula is C15H24. The van der Waals surface area contributed by atoms with Gasteiger partial charge in [0.15, 0.2) is 0 Å². The molecule has 0 heteroatoms. The topological polar surface area (TPSA) is 0 Å².